The number of aryl methyl sites for hydroxylation is 1. The molecule has 0 radical (unpaired) electrons. The minimum Gasteiger partial charge on any atom is -0.493 e. The number of hydrogen-bond acceptors (Lipinski definition) is 11. The molecule has 0 aliphatic carbocycles. The van der Waals surface area contributed by atoms with Crippen molar-refractivity contribution in [1.82, 2.24) is 39.8 Å². The fourth-order valence-electron chi connectivity index (χ4n) is 8.42. The Morgan fingerprint density at radius 2 is 1.68 bits per heavy atom. The predicted molar refractivity (Wildman–Crippen MR) is 234 cm³/mol. The summed E-state index contributed by atoms with van der Waals surface area (Å²) in [7, 11) is 0. The zero-order valence-corrected chi connectivity index (χ0v) is 35.8. The molecule has 20 heteroatoms. The number of benzene rings is 4. The maximum atomic E-state index is 13.4. The molecule has 0 spiro atoms. The Bertz CT molecular complexity index is 2880. The SMILES string of the molecule is O=C1CCC(N2C(=O)c3cccc(NCCN4CCN(C(=O)COc5ccc(CCc6c(-c7ccc(C(F)(F)F)cc7)nn(-c7nc8cc(Cl)ccc8[nH]7)c6O)cc5)CC4)c3C2=O)C(=O)N1. The molecule has 3 aliphatic rings. The first-order valence-electron chi connectivity index (χ1n) is 21.2. The van der Waals surface area contributed by atoms with Crippen molar-refractivity contribution in [3.8, 4) is 28.8 Å². The van der Waals surface area contributed by atoms with E-state index in [-0.39, 0.29) is 54.7 Å². The Hall–Kier alpha value is -7.25. The Kier molecular flexibility index (Phi) is 12.0. The van der Waals surface area contributed by atoms with Crippen LogP contribution < -0.4 is 15.4 Å². The van der Waals surface area contributed by atoms with Gasteiger partial charge in [0, 0.05) is 67.5 Å². The van der Waals surface area contributed by atoms with Crippen LogP contribution in [0.25, 0.3) is 28.2 Å². The molecule has 9 rings (SSSR count). The number of rotatable bonds is 13. The molecule has 5 heterocycles. The monoisotopic (exact) mass is 923 g/mol. The number of aromatic amines is 1. The summed E-state index contributed by atoms with van der Waals surface area (Å²) in [4.78, 5) is 76.3. The maximum Gasteiger partial charge on any atom is 0.416 e. The highest BCUT2D eigenvalue weighted by atomic mass is 35.5. The van der Waals surface area contributed by atoms with E-state index in [9.17, 15) is 42.3 Å². The van der Waals surface area contributed by atoms with Crippen LogP contribution in [0.1, 0.15) is 50.2 Å². The van der Waals surface area contributed by atoms with Gasteiger partial charge in [0.1, 0.15) is 17.5 Å². The number of aromatic hydroxyl groups is 1. The Balaban J connectivity index is 0.765. The molecular formula is C46H41ClF3N9O7. The van der Waals surface area contributed by atoms with Gasteiger partial charge in [-0.2, -0.15) is 23.0 Å². The molecule has 5 amide bonds. The number of aromatic nitrogens is 4. The second-order valence-corrected chi connectivity index (χ2v) is 16.6. The van der Waals surface area contributed by atoms with E-state index in [2.05, 4.69) is 30.6 Å². The standard InChI is InChI=1S/C46H41ClF3N9O7/c47-29-11-15-33-35(24-29)53-45(52-33)59-43(64)32(40(55-59)27-7-9-28(10-8-27)46(48,49)50)14-6-26-4-12-30(13-5-26)66-25-38(61)57-22-20-56(21-23-57)19-18-51-34-3-1-2-31-39(34)44(65)58(42(31)63)36-16-17-37(60)54-41(36)62/h1-5,7-13,15,24,36,51,64H,6,14,16-23,25H2,(H,52,53)(H,54,60,62). The number of halogens is 4. The number of imidazole rings is 1. The van der Waals surface area contributed by atoms with Crippen molar-refractivity contribution >= 4 is 57.9 Å². The average molecular weight is 924 g/mol. The average Bonchev–Trinajstić information content (AvgIpc) is 3.95. The number of piperazine rings is 1. The molecule has 4 N–H and O–H groups in total. The molecule has 1 atom stereocenters. The number of ether oxygens (including phenoxy) is 1. The highest BCUT2D eigenvalue weighted by molar-refractivity contribution is 6.31. The molecule has 16 nitrogen and oxygen atoms in total. The van der Waals surface area contributed by atoms with Crippen molar-refractivity contribution in [2.24, 2.45) is 0 Å². The number of hydrogen-bond donors (Lipinski definition) is 4. The van der Waals surface area contributed by atoms with E-state index < -0.39 is 41.4 Å². The second-order valence-electron chi connectivity index (χ2n) is 16.1. The van der Waals surface area contributed by atoms with Gasteiger partial charge in [-0.1, -0.05) is 41.9 Å². The van der Waals surface area contributed by atoms with Crippen LogP contribution in [0.4, 0.5) is 18.9 Å². The number of imide groups is 2. The molecule has 4 aromatic carbocycles. The van der Waals surface area contributed by atoms with E-state index in [4.69, 9.17) is 16.3 Å². The summed E-state index contributed by atoms with van der Waals surface area (Å²) >= 11 is 6.14. The minimum atomic E-state index is -4.52. The van der Waals surface area contributed by atoms with Crippen molar-refractivity contribution < 1.29 is 47.0 Å². The van der Waals surface area contributed by atoms with Crippen LogP contribution in [0, 0.1) is 0 Å². The third-order valence-corrected chi connectivity index (χ3v) is 12.2. The molecule has 2 saturated heterocycles. The van der Waals surface area contributed by atoms with Gasteiger partial charge in [0.2, 0.25) is 23.6 Å². The Morgan fingerprint density at radius 3 is 2.41 bits per heavy atom. The molecule has 340 valence electrons. The van der Waals surface area contributed by atoms with E-state index in [0.29, 0.717) is 90.0 Å². The van der Waals surface area contributed by atoms with Gasteiger partial charge in [0.05, 0.1) is 27.7 Å². The number of carbonyl (C=O) groups excluding carboxylic acids is 5. The Morgan fingerprint density at radius 1 is 0.924 bits per heavy atom. The van der Waals surface area contributed by atoms with Gasteiger partial charge in [-0.3, -0.25) is 39.1 Å². The van der Waals surface area contributed by atoms with Gasteiger partial charge in [0.15, 0.2) is 6.61 Å². The highest BCUT2D eigenvalue weighted by Gasteiger charge is 2.45. The van der Waals surface area contributed by atoms with Crippen molar-refractivity contribution in [2.45, 2.75) is 37.9 Å². The maximum absolute atomic E-state index is 13.4. The van der Waals surface area contributed by atoms with Crippen LogP contribution in [0.3, 0.4) is 0 Å². The third-order valence-electron chi connectivity index (χ3n) is 12.0. The van der Waals surface area contributed by atoms with Crippen LogP contribution in [0.15, 0.2) is 84.9 Å². The van der Waals surface area contributed by atoms with Gasteiger partial charge < -0.3 is 25.0 Å². The lowest BCUT2D eigenvalue weighted by molar-refractivity contribution is -0.138. The summed E-state index contributed by atoms with van der Waals surface area (Å²) in [5.74, 6) is -1.97. The first-order valence-corrected chi connectivity index (χ1v) is 21.5. The number of fused-ring (bicyclic) bond motifs is 2. The number of amides is 5. The zero-order valence-electron chi connectivity index (χ0n) is 35.0. The van der Waals surface area contributed by atoms with Crippen molar-refractivity contribution in [1.29, 1.82) is 0 Å². The molecule has 66 heavy (non-hydrogen) atoms. The molecule has 0 bridgehead atoms. The second kappa shape index (κ2) is 18.0. The van der Waals surface area contributed by atoms with E-state index in [1.165, 1.54) is 16.8 Å². The smallest absolute Gasteiger partial charge is 0.416 e. The molecule has 2 aromatic heterocycles. The topological polar surface area (TPSA) is 195 Å². The van der Waals surface area contributed by atoms with E-state index >= 15 is 0 Å². The quantitative estimate of drug-likeness (QED) is 0.105. The van der Waals surface area contributed by atoms with Crippen molar-refractivity contribution in [2.75, 3.05) is 51.2 Å². The summed E-state index contributed by atoms with van der Waals surface area (Å²) in [6.45, 7) is 3.07. The summed E-state index contributed by atoms with van der Waals surface area (Å²) in [6, 6.07) is 20.7. The van der Waals surface area contributed by atoms with Crippen LogP contribution in [0.2, 0.25) is 5.02 Å². The van der Waals surface area contributed by atoms with Gasteiger partial charge in [0.25, 0.3) is 17.7 Å². The Labute approximate surface area is 379 Å². The number of nitrogens with one attached hydrogen (secondary N) is 3. The lowest BCUT2D eigenvalue weighted by Gasteiger charge is -2.34. The van der Waals surface area contributed by atoms with Crippen molar-refractivity contribution in [3.05, 3.63) is 118 Å². The van der Waals surface area contributed by atoms with Crippen molar-refractivity contribution in [3.63, 3.8) is 0 Å². The summed E-state index contributed by atoms with van der Waals surface area (Å²) < 4.78 is 47.2. The first-order chi connectivity index (χ1) is 31.7. The molecule has 1 unspecified atom stereocenters. The van der Waals surface area contributed by atoms with Gasteiger partial charge in [-0.15, -0.1) is 0 Å². The van der Waals surface area contributed by atoms with E-state index in [1.807, 2.05) is 12.1 Å². The number of anilines is 1. The number of alkyl halides is 3. The number of carbonyl (C=O) groups is 5. The summed E-state index contributed by atoms with van der Waals surface area (Å²) in [5.41, 5.74) is 3.20. The van der Waals surface area contributed by atoms with Gasteiger partial charge in [-0.05, 0) is 79.4 Å². The lowest BCUT2D eigenvalue weighted by atomic mass is 10.00. The molecule has 2 fully saturated rings. The largest absolute Gasteiger partial charge is 0.493 e. The van der Waals surface area contributed by atoms with Gasteiger partial charge in [-0.25, -0.2) is 4.98 Å². The number of nitrogens with zero attached hydrogens (tertiary/aromatic N) is 6. The van der Waals surface area contributed by atoms with Crippen LogP contribution in [-0.2, 0) is 33.4 Å². The molecule has 3 aliphatic heterocycles. The van der Waals surface area contributed by atoms with E-state index in [0.717, 1.165) is 22.6 Å². The van der Waals surface area contributed by atoms with Crippen LogP contribution in [-0.4, -0.2) is 121 Å². The fraction of sp³-hybridized carbons (Fsp3) is 0.283. The predicted octanol–water partition coefficient (Wildman–Crippen LogP) is 5.61. The van der Waals surface area contributed by atoms with Crippen LogP contribution in [0.5, 0.6) is 11.6 Å². The third kappa shape index (κ3) is 8.90. The number of H-pyrrole nitrogens is 1. The molecule has 6 aromatic rings. The van der Waals surface area contributed by atoms with Gasteiger partial charge >= 0.3 is 6.18 Å². The molecular weight excluding hydrogens is 883 g/mol. The fourth-order valence-corrected chi connectivity index (χ4v) is 8.59. The first kappa shape index (κ1) is 44.0. The van der Waals surface area contributed by atoms with Crippen LogP contribution >= 0.6 is 11.6 Å². The van der Waals surface area contributed by atoms with E-state index in [1.54, 1.807) is 53.4 Å². The molecule has 0 saturated carbocycles. The number of piperidine rings is 1. The zero-order chi connectivity index (χ0) is 46.3. The summed E-state index contributed by atoms with van der Waals surface area (Å²) in [6.07, 6.45) is -3.71. The highest BCUT2D eigenvalue weighted by Crippen LogP contribution is 2.36. The summed E-state index contributed by atoms with van der Waals surface area (Å²) in [5, 5.41) is 22.0. The lowest BCUT2D eigenvalue weighted by Crippen LogP contribution is -2.54. The minimum absolute atomic E-state index is 0.0363. The normalized spacial score (nSPS) is 16.8.